The molecule has 0 radical (unpaired) electrons. The van der Waals surface area contributed by atoms with Crippen LogP contribution in [0.15, 0.2) is 0 Å². The first-order valence-electron chi connectivity index (χ1n) is 6.96. The standard InChI is InChI=1S/C13H26O4S/c1-4-5-6-7-8-12-9-10-13(16-12)11(2)17-18(3,14)15/h11-13H,4-10H2,1-3H3/t11-,12+,13-/m0/s1. The van der Waals surface area contributed by atoms with Crippen molar-refractivity contribution in [3.63, 3.8) is 0 Å². The van der Waals surface area contributed by atoms with Gasteiger partial charge in [-0.15, -0.1) is 0 Å². The van der Waals surface area contributed by atoms with Gasteiger partial charge in [0.2, 0.25) is 0 Å². The molecule has 0 aromatic heterocycles. The van der Waals surface area contributed by atoms with Gasteiger partial charge in [-0.3, -0.25) is 4.18 Å². The molecule has 4 nitrogen and oxygen atoms in total. The Kier molecular flexibility index (Phi) is 6.60. The first-order valence-corrected chi connectivity index (χ1v) is 8.77. The molecule has 0 saturated carbocycles. The highest BCUT2D eigenvalue weighted by Gasteiger charge is 2.31. The number of hydrogen-bond acceptors (Lipinski definition) is 4. The number of ether oxygens (including phenoxy) is 1. The molecule has 0 aromatic carbocycles. The third-order valence-electron chi connectivity index (χ3n) is 3.37. The van der Waals surface area contributed by atoms with E-state index in [1.807, 2.05) is 0 Å². The minimum Gasteiger partial charge on any atom is -0.372 e. The van der Waals surface area contributed by atoms with E-state index in [1.54, 1.807) is 6.92 Å². The topological polar surface area (TPSA) is 52.6 Å². The van der Waals surface area contributed by atoms with Crippen LogP contribution in [0.2, 0.25) is 0 Å². The van der Waals surface area contributed by atoms with Gasteiger partial charge in [0.05, 0.1) is 18.5 Å². The van der Waals surface area contributed by atoms with Crippen LogP contribution in [0.5, 0.6) is 0 Å². The van der Waals surface area contributed by atoms with Gasteiger partial charge in [0.1, 0.15) is 6.10 Å². The quantitative estimate of drug-likeness (QED) is 0.506. The fourth-order valence-corrected chi connectivity index (χ4v) is 3.10. The van der Waals surface area contributed by atoms with Crippen LogP contribution in [0.1, 0.15) is 58.8 Å². The molecule has 0 unspecified atom stereocenters. The SMILES string of the molecule is CCCCCC[C@@H]1CC[C@@H]([C@H](C)OS(C)(=O)=O)O1. The van der Waals surface area contributed by atoms with E-state index in [0.717, 1.165) is 25.5 Å². The van der Waals surface area contributed by atoms with Crippen molar-refractivity contribution >= 4 is 10.1 Å². The maximum absolute atomic E-state index is 11.0. The van der Waals surface area contributed by atoms with E-state index in [9.17, 15) is 8.42 Å². The Morgan fingerprint density at radius 2 is 2.00 bits per heavy atom. The molecular formula is C13H26O4S. The van der Waals surface area contributed by atoms with Crippen LogP contribution < -0.4 is 0 Å². The third kappa shape index (κ3) is 6.16. The average molecular weight is 278 g/mol. The van der Waals surface area contributed by atoms with Gasteiger partial charge in [0, 0.05) is 0 Å². The summed E-state index contributed by atoms with van der Waals surface area (Å²) in [6.45, 7) is 3.97. The molecule has 1 aliphatic heterocycles. The summed E-state index contributed by atoms with van der Waals surface area (Å²) in [5.41, 5.74) is 0. The molecule has 3 atom stereocenters. The summed E-state index contributed by atoms with van der Waals surface area (Å²) in [5.74, 6) is 0. The first kappa shape index (κ1) is 15.9. The summed E-state index contributed by atoms with van der Waals surface area (Å²) < 4.78 is 32.9. The second-order valence-corrected chi connectivity index (χ2v) is 6.83. The van der Waals surface area contributed by atoms with Gasteiger partial charge < -0.3 is 4.74 Å². The fraction of sp³-hybridized carbons (Fsp3) is 1.00. The largest absolute Gasteiger partial charge is 0.372 e. The maximum Gasteiger partial charge on any atom is 0.264 e. The summed E-state index contributed by atoms with van der Waals surface area (Å²) in [6.07, 6.45) is 8.92. The molecule has 18 heavy (non-hydrogen) atoms. The smallest absolute Gasteiger partial charge is 0.264 e. The van der Waals surface area contributed by atoms with Gasteiger partial charge >= 0.3 is 0 Å². The van der Waals surface area contributed by atoms with Gasteiger partial charge in [-0.2, -0.15) is 8.42 Å². The van der Waals surface area contributed by atoms with E-state index in [2.05, 4.69) is 6.92 Å². The van der Waals surface area contributed by atoms with Crippen molar-refractivity contribution in [3.05, 3.63) is 0 Å². The Morgan fingerprint density at radius 3 is 2.61 bits per heavy atom. The van der Waals surface area contributed by atoms with Gasteiger partial charge in [-0.25, -0.2) is 0 Å². The van der Waals surface area contributed by atoms with Crippen LogP contribution in [0.25, 0.3) is 0 Å². The van der Waals surface area contributed by atoms with Crippen molar-refractivity contribution in [3.8, 4) is 0 Å². The zero-order valence-electron chi connectivity index (χ0n) is 11.7. The Morgan fingerprint density at radius 1 is 1.28 bits per heavy atom. The predicted octanol–water partition coefficient (Wildman–Crippen LogP) is 2.87. The van der Waals surface area contributed by atoms with E-state index >= 15 is 0 Å². The lowest BCUT2D eigenvalue weighted by atomic mass is 10.1. The van der Waals surface area contributed by atoms with Crippen LogP contribution >= 0.6 is 0 Å². The molecule has 1 fully saturated rings. The highest BCUT2D eigenvalue weighted by atomic mass is 32.2. The lowest BCUT2D eigenvalue weighted by Gasteiger charge is -2.19. The molecule has 0 spiro atoms. The molecular weight excluding hydrogens is 252 g/mol. The van der Waals surface area contributed by atoms with Crippen LogP contribution in [0, 0.1) is 0 Å². The molecule has 1 aliphatic rings. The van der Waals surface area contributed by atoms with Gasteiger partial charge in [0.25, 0.3) is 10.1 Å². The first-order chi connectivity index (χ1) is 8.42. The summed E-state index contributed by atoms with van der Waals surface area (Å²) >= 11 is 0. The van der Waals surface area contributed by atoms with Crippen molar-refractivity contribution in [2.24, 2.45) is 0 Å². The Balaban J connectivity index is 2.24. The highest BCUT2D eigenvalue weighted by Crippen LogP contribution is 2.27. The van der Waals surface area contributed by atoms with E-state index in [1.165, 1.54) is 25.7 Å². The Labute approximate surface area is 111 Å². The van der Waals surface area contributed by atoms with Crippen molar-refractivity contribution < 1.29 is 17.3 Å². The fourth-order valence-electron chi connectivity index (χ4n) is 2.43. The maximum atomic E-state index is 11.0. The second-order valence-electron chi connectivity index (χ2n) is 5.23. The minimum absolute atomic E-state index is 0.0732. The number of unbranched alkanes of at least 4 members (excludes halogenated alkanes) is 3. The van der Waals surface area contributed by atoms with E-state index in [-0.39, 0.29) is 18.3 Å². The van der Waals surface area contributed by atoms with Crippen LogP contribution in [-0.2, 0) is 19.0 Å². The monoisotopic (exact) mass is 278 g/mol. The highest BCUT2D eigenvalue weighted by molar-refractivity contribution is 7.86. The van der Waals surface area contributed by atoms with Crippen molar-refractivity contribution in [1.29, 1.82) is 0 Å². The number of rotatable bonds is 8. The Hall–Kier alpha value is -0.130. The molecule has 1 heterocycles. The lowest BCUT2D eigenvalue weighted by molar-refractivity contribution is -0.0174. The number of hydrogen-bond donors (Lipinski definition) is 0. The minimum atomic E-state index is -3.38. The average Bonchev–Trinajstić information content (AvgIpc) is 2.71. The normalized spacial score (nSPS) is 26.4. The molecule has 1 saturated heterocycles. The van der Waals surface area contributed by atoms with Crippen molar-refractivity contribution in [2.75, 3.05) is 6.26 Å². The molecule has 0 amide bonds. The zero-order valence-corrected chi connectivity index (χ0v) is 12.5. The molecule has 0 aliphatic carbocycles. The van der Waals surface area contributed by atoms with Gasteiger partial charge in [-0.1, -0.05) is 32.6 Å². The van der Waals surface area contributed by atoms with E-state index < -0.39 is 10.1 Å². The summed E-state index contributed by atoms with van der Waals surface area (Å²) in [6, 6.07) is 0. The summed E-state index contributed by atoms with van der Waals surface area (Å²) in [4.78, 5) is 0. The van der Waals surface area contributed by atoms with E-state index in [0.29, 0.717) is 0 Å². The molecule has 0 aromatic rings. The Bertz CT molecular complexity index is 326. The molecule has 0 bridgehead atoms. The van der Waals surface area contributed by atoms with Crippen molar-refractivity contribution in [1.82, 2.24) is 0 Å². The van der Waals surface area contributed by atoms with E-state index in [4.69, 9.17) is 8.92 Å². The third-order valence-corrected chi connectivity index (χ3v) is 4.02. The summed E-state index contributed by atoms with van der Waals surface area (Å²) in [7, 11) is -3.38. The molecule has 5 heteroatoms. The van der Waals surface area contributed by atoms with Gasteiger partial charge in [0.15, 0.2) is 0 Å². The van der Waals surface area contributed by atoms with Crippen LogP contribution in [0.4, 0.5) is 0 Å². The van der Waals surface area contributed by atoms with Crippen molar-refractivity contribution in [2.45, 2.75) is 77.1 Å². The predicted molar refractivity (Wildman–Crippen MR) is 72.0 cm³/mol. The zero-order chi connectivity index (χ0) is 13.6. The lowest BCUT2D eigenvalue weighted by Crippen LogP contribution is -2.28. The van der Waals surface area contributed by atoms with Gasteiger partial charge in [-0.05, 0) is 26.2 Å². The summed E-state index contributed by atoms with van der Waals surface area (Å²) in [5, 5.41) is 0. The molecule has 1 rings (SSSR count). The van der Waals surface area contributed by atoms with Crippen LogP contribution in [0.3, 0.4) is 0 Å². The van der Waals surface area contributed by atoms with Crippen LogP contribution in [-0.4, -0.2) is 33.0 Å². The second kappa shape index (κ2) is 7.46. The molecule has 0 N–H and O–H groups in total. The molecule has 108 valence electrons.